The highest BCUT2D eigenvalue weighted by molar-refractivity contribution is 5.91. The van der Waals surface area contributed by atoms with Crippen molar-refractivity contribution in [3.63, 3.8) is 0 Å². The summed E-state index contributed by atoms with van der Waals surface area (Å²) in [5.41, 5.74) is 5.63. The number of amides is 1. The monoisotopic (exact) mass is 185 g/mol. The summed E-state index contributed by atoms with van der Waals surface area (Å²) in [6.07, 6.45) is 1.68. The molecule has 0 heterocycles. The molecule has 0 spiro atoms. The van der Waals surface area contributed by atoms with Gasteiger partial charge in [0.1, 0.15) is 0 Å². The van der Waals surface area contributed by atoms with E-state index in [0.29, 0.717) is 5.57 Å². The highest BCUT2D eigenvalue weighted by Gasteiger charge is 1.90. The quantitative estimate of drug-likeness (QED) is 0.632. The molecule has 13 heavy (non-hydrogen) atoms. The molecular formula is C9H15NO3. The molecule has 0 aromatic heterocycles. The number of hydrogen-bond acceptors (Lipinski definition) is 2. The first-order valence-corrected chi connectivity index (χ1v) is 3.64. The fourth-order valence-electron chi connectivity index (χ4n) is 0.142. The second kappa shape index (κ2) is 7.09. The Hall–Kier alpha value is -1.58. The normalized spacial score (nSPS) is 9.62. The third kappa shape index (κ3) is 10.4. The summed E-state index contributed by atoms with van der Waals surface area (Å²) >= 11 is 0. The number of nitrogens with two attached hydrogens (primary N) is 1. The predicted molar refractivity (Wildman–Crippen MR) is 51.1 cm³/mol. The highest BCUT2D eigenvalue weighted by atomic mass is 16.4. The van der Waals surface area contributed by atoms with Gasteiger partial charge in [-0.25, -0.2) is 4.79 Å². The van der Waals surface area contributed by atoms with Crippen LogP contribution in [-0.4, -0.2) is 17.0 Å². The SMILES string of the molecule is C=C(C)C(=O)O.CC=C(C)C(N)=O. The number of allylic oxidation sites excluding steroid dienone is 1. The lowest BCUT2D eigenvalue weighted by Gasteiger charge is -1.85. The molecule has 0 saturated heterocycles. The average Bonchev–Trinajstić information content (AvgIpc) is 2.03. The first-order valence-electron chi connectivity index (χ1n) is 3.64. The molecule has 0 saturated carbocycles. The van der Waals surface area contributed by atoms with Crippen molar-refractivity contribution in [3.05, 3.63) is 23.8 Å². The number of carboxylic acid groups (broad SMARTS) is 1. The van der Waals surface area contributed by atoms with E-state index in [1.54, 1.807) is 19.9 Å². The Bertz CT molecular complexity index is 229. The lowest BCUT2D eigenvalue weighted by Crippen LogP contribution is -2.10. The number of carbonyl (C=O) groups excluding carboxylic acids is 1. The van der Waals surface area contributed by atoms with Crippen LogP contribution in [0.2, 0.25) is 0 Å². The molecular weight excluding hydrogens is 170 g/mol. The summed E-state index contributed by atoms with van der Waals surface area (Å²) in [5.74, 6) is -1.28. The Morgan fingerprint density at radius 1 is 1.38 bits per heavy atom. The second-order valence-electron chi connectivity index (χ2n) is 2.42. The smallest absolute Gasteiger partial charge is 0.330 e. The minimum Gasteiger partial charge on any atom is -0.478 e. The maximum atomic E-state index is 10.1. The Kier molecular flexibility index (Phi) is 7.62. The largest absolute Gasteiger partial charge is 0.478 e. The van der Waals surface area contributed by atoms with Gasteiger partial charge in [0.05, 0.1) is 0 Å². The van der Waals surface area contributed by atoms with Gasteiger partial charge in [-0.1, -0.05) is 12.7 Å². The Labute approximate surface area is 77.7 Å². The van der Waals surface area contributed by atoms with Gasteiger partial charge in [-0.3, -0.25) is 4.79 Å². The van der Waals surface area contributed by atoms with E-state index in [1.165, 1.54) is 6.92 Å². The fraction of sp³-hybridized carbons (Fsp3) is 0.333. The summed E-state index contributed by atoms with van der Waals surface area (Å²) in [6, 6.07) is 0. The summed E-state index contributed by atoms with van der Waals surface area (Å²) in [6.45, 7) is 8.06. The van der Waals surface area contributed by atoms with Gasteiger partial charge in [0, 0.05) is 11.1 Å². The summed E-state index contributed by atoms with van der Waals surface area (Å²) < 4.78 is 0. The molecule has 0 aliphatic rings. The van der Waals surface area contributed by atoms with Crippen molar-refractivity contribution in [2.75, 3.05) is 0 Å². The molecule has 0 fully saturated rings. The van der Waals surface area contributed by atoms with E-state index in [4.69, 9.17) is 10.8 Å². The van der Waals surface area contributed by atoms with Crippen molar-refractivity contribution in [1.82, 2.24) is 0 Å². The van der Waals surface area contributed by atoms with Crippen LogP contribution in [-0.2, 0) is 9.59 Å². The average molecular weight is 185 g/mol. The Balaban J connectivity index is 0. The predicted octanol–water partition coefficient (Wildman–Crippen LogP) is 1.08. The summed E-state index contributed by atoms with van der Waals surface area (Å²) in [7, 11) is 0. The van der Waals surface area contributed by atoms with Gasteiger partial charge in [0.15, 0.2) is 0 Å². The van der Waals surface area contributed by atoms with Gasteiger partial charge in [-0.2, -0.15) is 0 Å². The zero-order valence-electron chi connectivity index (χ0n) is 8.13. The van der Waals surface area contributed by atoms with Crippen LogP contribution in [0.5, 0.6) is 0 Å². The molecule has 0 aliphatic heterocycles. The van der Waals surface area contributed by atoms with Crippen LogP contribution >= 0.6 is 0 Å². The number of aliphatic carboxylic acids is 1. The lowest BCUT2D eigenvalue weighted by molar-refractivity contribution is -0.132. The summed E-state index contributed by atoms with van der Waals surface area (Å²) in [4.78, 5) is 19.7. The molecule has 4 nitrogen and oxygen atoms in total. The molecule has 0 aromatic carbocycles. The van der Waals surface area contributed by atoms with Crippen LogP contribution in [0.25, 0.3) is 0 Å². The first kappa shape index (κ1) is 14.0. The number of carboxylic acids is 1. The van der Waals surface area contributed by atoms with Crippen molar-refractivity contribution in [2.24, 2.45) is 5.73 Å². The van der Waals surface area contributed by atoms with Crippen LogP contribution in [0, 0.1) is 0 Å². The standard InChI is InChI=1S/C5H9NO.C4H6O2/c1-3-4(2)5(6)7;1-3(2)4(5)6/h3H,1-2H3,(H2,6,7);1H2,2H3,(H,5,6). The van der Waals surface area contributed by atoms with Gasteiger partial charge in [0.2, 0.25) is 5.91 Å². The van der Waals surface area contributed by atoms with Crippen molar-refractivity contribution >= 4 is 11.9 Å². The molecule has 0 rings (SSSR count). The van der Waals surface area contributed by atoms with Gasteiger partial charge < -0.3 is 10.8 Å². The van der Waals surface area contributed by atoms with Crippen LogP contribution in [0.3, 0.4) is 0 Å². The van der Waals surface area contributed by atoms with E-state index in [2.05, 4.69) is 6.58 Å². The van der Waals surface area contributed by atoms with E-state index < -0.39 is 5.97 Å². The van der Waals surface area contributed by atoms with Crippen LogP contribution in [0.4, 0.5) is 0 Å². The van der Waals surface area contributed by atoms with Crippen LogP contribution in [0.1, 0.15) is 20.8 Å². The molecule has 0 atom stereocenters. The maximum absolute atomic E-state index is 10.1. The van der Waals surface area contributed by atoms with Gasteiger partial charge in [-0.15, -0.1) is 0 Å². The Morgan fingerprint density at radius 3 is 1.69 bits per heavy atom. The zero-order valence-corrected chi connectivity index (χ0v) is 8.13. The molecule has 3 N–H and O–H groups in total. The number of hydrogen-bond donors (Lipinski definition) is 2. The fourth-order valence-corrected chi connectivity index (χ4v) is 0.142. The lowest BCUT2D eigenvalue weighted by atomic mass is 10.3. The minimum atomic E-state index is -0.935. The van der Waals surface area contributed by atoms with Crippen molar-refractivity contribution in [1.29, 1.82) is 0 Å². The van der Waals surface area contributed by atoms with Crippen molar-refractivity contribution in [3.8, 4) is 0 Å². The van der Waals surface area contributed by atoms with E-state index in [0.717, 1.165) is 0 Å². The topological polar surface area (TPSA) is 80.4 Å². The molecule has 74 valence electrons. The number of rotatable bonds is 2. The number of primary amides is 1. The summed E-state index contributed by atoms with van der Waals surface area (Å²) in [5, 5.41) is 7.89. The number of carbonyl (C=O) groups is 2. The zero-order chi connectivity index (χ0) is 11.0. The molecule has 1 amide bonds. The molecule has 0 bridgehead atoms. The molecule has 4 heteroatoms. The second-order valence-corrected chi connectivity index (χ2v) is 2.42. The molecule has 0 aliphatic carbocycles. The molecule has 0 unspecified atom stereocenters. The van der Waals surface area contributed by atoms with Crippen molar-refractivity contribution in [2.45, 2.75) is 20.8 Å². The van der Waals surface area contributed by atoms with Crippen molar-refractivity contribution < 1.29 is 14.7 Å². The van der Waals surface area contributed by atoms with Crippen LogP contribution < -0.4 is 5.73 Å². The van der Waals surface area contributed by atoms with Gasteiger partial charge >= 0.3 is 5.97 Å². The van der Waals surface area contributed by atoms with E-state index in [9.17, 15) is 9.59 Å². The minimum absolute atomic E-state index is 0.176. The van der Waals surface area contributed by atoms with E-state index in [1.807, 2.05) is 0 Å². The maximum Gasteiger partial charge on any atom is 0.330 e. The Morgan fingerprint density at radius 2 is 1.69 bits per heavy atom. The molecule has 0 aromatic rings. The van der Waals surface area contributed by atoms with Crippen LogP contribution in [0.15, 0.2) is 23.8 Å². The van der Waals surface area contributed by atoms with E-state index >= 15 is 0 Å². The van der Waals surface area contributed by atoms with Gasteiger partial charge in [0.25, 0.3) is 0 Å². The highest BCUT2D eigenvalue weighted by Crippen LogP contribution is 1.85. The third-order valence-corrected chi connectivity index (χ3v) is 1.19. The van der Waals surface area contributed by atoms with Gasteiger partial charge in [-0.05, 0) is 20.8 Å². The third-order valence-electron chi connectivity index (χ3n) is 1.19. The van der Waals surface area contributed by atoms with E-state index in [-0.39, 0.29) is 11.5 Å². The molecule has 0 radical (unpaired) electrons. The first-order chi connectivity index (χ1) is 5.82.